The lowest BCUT2D eigenvalue weighted by atomic mass is 10.0. The van der Waals surface area contributed by atoms with Crippen molar-refractivity contribution >= 4 is 17.5 Å². The zero-order valence-electron chi connectivity index (χ0n) is 15.6. The fourth-order valence-electron chi connectivity index (χ4n) is 2.73. The average Bonchev–Trinajstić information content (AvgIpc) is 2.67. The molecule has 1 aromatic carbocycles. The molecule has 2 aromatic heterocycles. The number of alkyl halides is 2. The van der Waals surface area contributed by atoms with Crippen LogP contribution in [0.2, 0.25) is 0 Å². The van der Waals surface area contributed by atoms with Crippen LogP contribution >= 0.6 is 0 Å². The number of aliphatic imine (C=N–C) groups is 1. The minimum atomic E-state index is -3.08. The van der Waals surface area contributed by atoms with Gasteiger partial charge in [0.15, 0.2) is 0 Å². The van der Waals surface area contributed by atoms with Crippen LogP contribution in [0, 0.1) is 0 Å². The molecule has 3 aromatic rings. The molecule has 0 fully saturated rings. The van der Waals surface area contributed by atoms with E-state index in [0.29, 0.717) is 11.6 Å². The van der Waals surface area contributed by atoms with Crippen LogP contribution in [0.1, 0.15) is 13.8 Å². The SMILES string of the molecule is C=N/C(=C\C=C(/C)Oc1ncccc1-c1cncc2ccccc12)C(C)(F)F. The third kappa shape index (κ3) is 4.28. The molecule has 6 heteroatoms. The van der Waals surface area contributed by atoms with Gasteiger partial charge in [0.25, 0.3) is 5.92 Å². The number of hydrogen-bond acceptors (Lipinski definition) is 4. The van der Waals surface area contributed by atoms with Gasteiger partial charge < -0.3 is 4.74 Å². The van der Waals surface area contributed by atoms with Crippen molar-refractivity contribution in [1.82, 2.24) is 9.97 Å². The van der Waals surface area contributed by atoms with E-state index < -0.39 is 11.6 Å². The van der Waals surface area contributed by atoms with Gasteiger partial charge in [0.1, 0.15) is 11.5 Å². The van der Waals surface area contributed by atoms with Crippen LogP contribution in [-0.4, -0.2) is 22.6 Å². The van der Waals surface area contributed by atoms with Crippen molar-refractivity contribution in [2.45, 2.75) is 19.8 Å². The molecule has 0 amide bonds. The lowest BCUT2D eigenvalue weighted by Crippen LogP contribution is -2.11. The van der Waals surface area contributed by atoms with Gasteiger partial charge in [-0.15, -0.1) is 0 Å². The molecule has 4 nitrogen and oxygen atoms in total. The Morgan fingerprint density at radius 2 is 1.89 bits per heavy atom. The molecule has 0 saturated heterocycles. The largest absolute Gasteiger partial charge is 0.443 e. The number of allylic oxidation sites excluding steroid dienone is 4. The van der Waals surface area contributed by atoms with E-state index in [1.807, 2.05) is 30.3 Å². The molecule has 2 heterocycles. The van der Waals surface area contributed by atoms with E-state index in [0.717, 1.165) is 28.8 Å². The monoisotopic (exact) mass is 379 g/mol. The molecule has 0 spiro atoms. The molecule has 142 valence electrons. The Balaban J connectivity index is 1.98. The molecular weight excluding hydrogens is 360 g/mol. The normalized spacial score (nSPS) is 12.9. The summed E-state index contributed by atoms with van der Waals surface area (Å²) in [6.45, 7) is 5.61. The Morgan fingerprint density at radius 1 is 1.11 bits per heavy atom. The Hall–Kier alpha value is -3.41. The second-order valence-electron chi connectivity index (χ2n) is 6.24. The minimum Gasteiger partial charge on any atom is -0.443 e. The van der Waals surface area contributed by atoms with Crippen molar-refractivity contribution in [1.29, 1.82) is 0 Å². The Morgan fingerprint density at radius 3 is 2.64 bits per heavy atom. The maximum absolute atomic E-state index is 13.4. The highest BCUT2D eigenvalue weighted by Gasteiger charge is 2.26. The van der Waals surface area contributed by atoms with Crippen molar-refractivity contribution in [3.05, 3.63) is 78.6 Å². The first-order valence-corrected chi connectivity index (χ1v) is 8.59. The number of ether oxygens (including phenoxy) is 1. The van der Waals surface area contributed by atoms with E-state index >= 15 is 0 Å². The Kier molecular flexibility index (Phi) is 5.59. The molecule has 0 bridgehead atoms. The lowest BCUT2D eigenvalue weighted by molar-refractivity contribution is 0.0623. The van der Waals surface area contributed by atoms with E-state index in [1.54, 1.807) is 31.6 Å². The first-order valence-electron chi connectivity index (χ1n) is 8.59. The van der Waals surface area contributed by atoms with Crippen molar-refractivity contribution in [3.63, 3.8) is 0 Å². The van der Waals surface area contributed by atoms with Gasteiger partial charge in [0, 0.05) is 42.0 Å². The van der Waals surface area contributed by atoms with Gasteiger partial charge in [-0.2, -0.15) is 8.78 Å². The average molecular weight is 379 g/mol. The summed E-state index contributed by atoms with van der Waals surface area (Å²) >= 11 is 0. The number of pyridine rings is 2. The number of rotatable bonds is 6. The van der Waals surface area contributed by atoms with Gasteiger partial charge in [0.2, 0.25) is 5.88 Å². The maximum Gasteiger partial charge on any atom is 0.286 e. The zero-order valence-corrected chi connectivity index (χ0v) is 15.6. The number of halogens is 2. The highest BCUT2D eigenvalue weighted by Crippen LogP contribution is 2.33. The predicted octanol–water partition coefficient (Wildman–Crippen LogP) is 5.82. The third-order valence-electron chi connectivity index (χ3n) is 4.08. The van der Waals surface area contributed by atoms with Gasteiger partial charge in [-0.3, -0.25) is 9.98 Å². The highest BCUT2D eigenvalue weighted by atomic mass is 19.3. The number of benzene rings is 1. The summed E-state index contributed by atoms with van der Waals surface area (Å²) in [5, 5.41) is 2.01. The summed E-state index contributed by atoms with van der Waals surface area (Å²) < 4.78 is 32.6. The second-order valence-corrected chi connectivity index (χ2v) is 6.24. The molecule has 0 radical (unpaired) electrons. The summed E-state index contributed by atoms with van der Waals surface area (Å²) in [5.74, 6) is -2.33. The fraction of sp³-hybridized carbons (Fsp3) is 0.136. The van der Waals surface area contributed by atoms with Gasteiger partial charge in [-0.25, -0.2) is 4.98 Å². The Bertz CT molecular complexity index is 1060. The first kappa shape index (κ1) is 19.4. The second kappa shape index (κ2) is 8.08. The number of hydrogen-bond donors (Lipinski definition) is 0. The highest BCUT2D eigenvalue weighted by molar-refractivity contribution is 5.96. The molecule has 0 unspecified atom stereocenters. The summed E-state index contributed by atoms with van der Waals surface area (Å²) in [4.78, 5) is 12.0. The van der Waals surface area contributed by atoms with Crippen molar-refractivity contribution in [2.75, 3.05) is 0 Å². The van der Waals surface area contributed by atoms with E-state index in [9.17, 15) is 8.78 Å². The molecule has 0 aliphatic heterocycles. The third-order valence-corrected chi connectivity index (χ3v) is 4.08. The molecule has 0 saturated carbocycles. The minimum absolute atomic E-state index is 0.360. The molecule has 0 aliphatic rings. The number of nitrogens with zero attached hydrogens (tertiary/aromatic N) is 3. The predicted molar refractivity (Wildman–Crippen MR) is 108 cm³/mol. The van der Waals surface area contributed by atoms with Crippen LogP contribution in [0.3, 0.4) is 0 Å². The fourth-order valence-corrected chi connectivity index (χ4v) is 2.73. The molecule has 0 N–H and O–H groups in total. The van der Waals surface area contributed by atoms with Crippen LogP contribution in [0.5, 0.6) is 5.88 Å². The van der Waals surface area contributed by atoms with Gasteiger partial charge in [-0.1, -0.05) is 24.3 Å². The van der Waals surface area contributed by atoms with Crippen LogP contribution in [0.15, 0.2) is 83.6 Å². The molecule has 28 heavy (non-hydrogen) atoms. The van der Waals surface area contributed by atoms with Gasteiger partial charge >= 0.3 is 0 Å². The quantitative estimate of drug-likeness (QED) is 0.308. The van der Waals surface area contributed by atoms with E-state index in [1.165, 1.54) is 12.2 Å². The summed E-state index contributed by atoms with van der Waals surface area (Å²) in [5.41, 5.74) is 1.19. The summed E-state index contributed by atoms with van der Waals surface area (Å²) in [6, 6.07) is 11.6. The molecule has 3 rings (SSSR count). The summed E-state index contributed by atoms with van der Waals surface area (Å²) in [6.07, 6.45) is 7.76. The zero-order chi connectivity index (χ0) is 20.1. The van der Waals surface area contributed by atoms with Gasteiger partial charge in [0.05, 0.1) is 0 Å². The van der Waals surface area contributed by atoms with Crippen LogP contribution < -0.4 is 4.74 Å². The van der Waals surface area contributed by atoms with Crippen LogP contribution in [0.4, 0.5) is 8.78 Å². The van der Waals surface area contributed by atoms with Crippen molar-refractivity contribution in [2.24, 2.45) is 4.99 Å². The molecule has 0 aliphatic carbocycles. The Labute approximate surface area is 161 Å². The maximum atomic E-state index is 13.4. The first-order chi connectivity index (χ1) is 13.4. The van der Waals surface area contributed by atoms with E-state index in [-0.39, 0.29) is 0 Å². The smallest absolute Gasteiger partial charge is 0.286 e. The standard InChI is InChI=1S/C22H19F2N3O/c1-15(10-11-20(25-3)22(2,23)24)28-21-18(9-6-12-27-21)19-14-26-13-16-7-4-5-8-17(16)19/h4-14H,3H2,1-2H3/b15-10+,20-11-. The molecule has 0 atom stereocenters. The van der Waals surface area contributed by atoms with Crippen molar-refractivity contribution in [3.8, 4) is 17.0 Å². The van der Waals surface area contributed by atoms with Crippen LogP contribution in [0.25, 0.3) is 21.9 Å². The molecular formula is C22H19F2N3O. The van der Waals surface area contributed by atoms with E-state index in [2.05, 4.69) is 21.7 Å². The van der Waals surface area contributed by atoms with Crippen molar-refractivity contribution < 1.29 is 13.5 Å². The number of fused-ring (bicyclic) bond motifs is 1. The lowest BCUT2D eigenvalue weighted by Gasteiger charge is -2.12. The number of aromatic nitrogens is 2. The van der Waals surface area contributed by atoms with Crippen LogP contribution in [-0.2, 0) is 0 Å². The summed E-state index contributed by atoms with van der Waals surface area (Å²) in [7, 11) is 0. The topological polar surface area (TPSA) is 47.4 Å². The van der Waals surface area contributed by atoms with Gasteiger partial charge in [-0.05, 0) is 43.3 Å². The van der Waals surface area contributed by atoms with E-state index in [4.69, 9.17) is 4.74 Å².